The van der Waals surface area contributed by atoms with Crippen LogP contribution in [0.25, 0.3) is 0 Å². The smallest absolute Gasteiger partial charge is 0.322 e. The molecule has 0 fully saturated rings. The van der Waals surface area contributed by atoms with Crippen LogP contribution in [0.15, 0.2) is 65.4 Å². The van der Waals surface area contributed by atoms with Gasteiger partial charge in [0.1, 0.15) is 4.60 Å². The van der Waals surface area contributed by atoms with E-state index < -0.39 is 58.9 Å². The van der Waals surface area contributed by atoms with E-state index in [0.29, 0.717) is 0 Å². The van der Waals surface area contributed by atoms with E-state index in [9.17, 15) is 53.5 Å². The van der Waals surface area contributed by atoms with Crippen molar-refractivity contribution < 1.29 is 53.5 Å². The van der Waals surface area contributed by atoms with Gasteiger partial charge in [0.15, 0.2) is 0 Å². The number of benzene rings is 2. The second-order valence-electron chi connectivity index (χ2n) is 7.85. The molecule has 0 aliphatic heterocycles. The second kappa shape index (κ2) is 11.0. The zero-order valence-corrected chi connectivity index (χ0v) is 22.2. The first-order valence-corrected chi connectivity index (χ1v) is 11.9. The molecule has 0 aliphatic rings. The van der Waals surface area contributed by atoms with E-state index in [4.69, 9.17) is 0 Å². The lowest BCUT2D eigenvalue weighted by atomic mass is 9.92. The third-order valence-corrected chi connectivity index (χ3v) is 6.58. The molecule has 0 spiro atoms. The maximum atomic E-state index is 14.4. The third kappa shape index (κ3) is 6.09. The highest BCUT2D eigenvalue weighted by Crippen LogP contribution is 2.54. The summed E-state index contributed by atoms with van der Waals surface area (Å²) in [6.45, 7) is 0. The number of alkyl halides is 10. The Morgan fingerprint density at radius 1 is 0.825 bits per heavy atom. The van der Waals surface area contributed by atoms with Gasteiger partial charge < -0.3 is 5.32 Å². The van der Waals surface area contributed by atoms with Crippen LogP contribution in [0.2, 0.25) is 0 Å². The first-order chi connectivity index (χ1) is 18.3. The van der Waals surface area contributed by atoms with Crippen LogP contribution in [-0.2, 0) is 11.8 Å². The highest BCUT2D eigenvalue weighted by atomic mass is 79.9. The maximum absolute atomic E-state index is 14.4. The number of nitrogens with zero attached hydrogens (tertiary/aromatic N) is 2. The lowest BCUT2D eigenvalue weighted by Gasteiger charge is -2.31. The quantitative estimate of drug-likeness (QED) is 0.165. The Balaban J connectivity index is 2.00. The molecule has 0 aliphatic carbocycles. The fourth-order valence-corrected chi connectivity index (χ4v) is 4.29. The lowest BCUT2D eigenvalue weighted by molar-refractivity contribution is -0.348. The highest BCUT2D eigenvalue weighted by molar-refractivity contribution is 9.10. The molecule has 2 aromatic carbocycles. The van der Waals surface area contributed by atoms with E-state index in [2.05, 4.69) is 42.4 Å². The van der Waals surface area contributed by atoms with Crippen molar-refractivity contribution in [1.82, 2.24) is 4.98 Å². The molecule has 0 radical (unpaired) electrons. The summed E-state index contributed by atoms with van der Waals surface area (Å²) in [6, 6.07) is 6.84. The van der Waals surface area contributed by atoms with Crippen molar-refractivity contribution in [1.29, 1.82) is 0 Å². The molecule has 1 heterocycles. The molecule has 0 saturated carbocycles. The Morgan fingerprint density at radius 2 is 1.45 bits per heavy atom. The van der Waals surface area contributed by atoms with Crippen LogP contribution in [0, 0.1) is 0 Å². The zero-order chi connectivity index (χ0) is 30.3. The van der Waals surface area contributed by atoms with Crippen molar-refractivity contribution >= 4 is 55.3 Å². The number of aromatic nitrogens is 1. The Hall–Kier alpha value is -3.21. The summed E-state index contributed by atoms with van der Waals surface area (Å²) < 4.78 is 134. The summed E-state index contributed by atoms with van der Waals surface area (Å²) in [4.78, 5) is 29.3. The zero-order valence-electron chi connectivity index (χ0n) is 19.0. The average molecular weight is 711 g/mol. The van der Waals surface area contributed by atoms with Crippen molar-refractivity contribution in [2.75, 3.05) is 9.24 Å². The predicted octanol–water partition coefficient (Wildman–Crippen LogP) is 8.36. The molecule has 5 nitrogen and oxygen atoms in total. The van der Waals surface area contributed by atoms with Crippen molar-refractivity contribution in [2.24, 2.45) is 0 Å². The first kappa shape index (κ1) is 31.3. The number of amides is 2. The molecule has 1 aromatic heterocycles. The van der Waals surface area contributed by atoms with E-state index in [1.807, 2.05) is 0 Å². The van der Waals surface area contributed by atoms with Crippen LogP contribution in [0.5, 0.6) is 0 Å². The number of halogens is 12. The molecule has 17 heteroatoms. The van der Waals surface area contributed by atoms with Crippen LogP contribution >= 0.6 is 32.1 Å². The van der Waals surface area contributed by atoms with Crippen molar-refractivity contribution in [3.8, 4) is 0 Å². The minimum Gasteiger partial charge on any atom is -0.322 e. The number of carbonyl (C=O) groups is 2. The normalized spacial score (nSPS) is 12.7. The number of rotatable bonds is 5. The molecule has 0 atom stereocenters. The molecule has 0 bridgehead atoms. The van der Waals surface area contributed by atoms with Gasteiger partial charge in [-0.15, -0.1) is 0 Å². The Labute approximate surface area is 234 Å². The number of pyridine rings is 1. The summed E-state index contributed by atoms with van der Waals surface area (Å²) in [5, 5.41) is 2.43. The molecule has 40 heavy (non-hydrogen) atoms. The Kier molecular flexibility index (Phi) is 8.60. The molecule has 1 N–H and O–H groups in total. The largest absolute Gasteiger partial charge is 0.435 e. The second-order valence-corrected chi connectivity index (χ2v) is 9.31. The van der Waals surface area contributed by atoms with Crippen LogP contribution in [0.3, 0.4) is 0 Å². The highest BCUT2D eigenvalue weighted by Gasteiger charge is 2.73. The van der Waals surface area contributed by atoms with Gasteiger partial charge in [-0.05, 0) is 58.4 Å². The van der Waals surface area contributed by atoms with E-state index in [1.54, 1.807) is 0 Å². The van der Waals surface area contributed by atoms with Gasteiger partial charge >= 0.3 is 24.2 Å². The predicted molar refractivity (Wildman–Crippen MR) is 128 cm³/mol. The van der Waals surface area contributed by atoms with Crippen LogP contribution < -0.4 is 9.24 Å². The minimum atomic E-state index is -6.66. The van der Waals surface area contributed by atoms with Gasteiger partial charge in [0.2, 0.25) is 0 Å². The van der Waals surface area contributed by atoms with Gasteiger partial charge in [0.05, 0.1) is 33.0 Å². The molecule has 3 rings (SSSR count). The molecule has 3 aromatic rings. The molecule has 2 amide bonds. The van der Waals surface area contributed by atoms with E-state index in [0.717, 1.165) is 12.1 Å². The van der Waals surface area contributed by atoms with Crippen LogP contribution in [0.4, 0.5) is 55.3 Å². The van der Waals surface area contributed by atoms with Crippen LogP contribution in [0.1, 0.15) is 31.8 Å². The number of hydrogen-bond donors (Lipinski definition) is 1. The van der Waals surface area contributed by atoms with Crippen molar-refractivity contribution in [2.45, 2.75) is 24.2 Å². The lowest BCUT2D eigenvalue weighted by Crippen LogP contribution is -2.50. The fourth-order valence-electron chi connectivity index (χ4n) is 3.34. The standard InChI is InChI=1S/C23H11Br2F10N3O2/c24-17-14(5-2-8-36-17)18(39)37-13-4-1-3-11(9-13)19(40)38(25)16-7-6-12(10-15(16)21(27,28)29)20(26,22(30,31)32)23(33,34)35/h1-10H,(H,37,39). The number of hydrogen-bond acceptors (Lipinski definition) is 3. The van der Waals surface area contributed by atoms with Gasteiger partial charge in [-0.25, -0.2) is 13.3 Å². The van der Waals surface area contributed by atoms with Gasteiger partial charge in [0.25, 0.3) is 11.8 Å². The molecular weight excluding hydrogens is 700 g/mol. The Morgan fingerprint density at radius 3 is 2.00 bits per heavy atom. The van der Waals surface area contributed by atoms with E-state index >= 15 is 0 Å². The monoisotopic (exact) mass is 709 g/mol. The van der Waals surface area contributed by atoms with E-state index in [1.165, 1.54) is 30.5 Å². The summed E-state index contributed by atoms with van der Waals surface area (Å²) in [5.74, 6) is -1.95. The third-order valence-electron chi connectivity index (χ3n) is 5.24. The number of anilines is 2. The molecule has 214 valence electrons. The summed E-state index contributed by atoms with van der Waals surface area (Å²) in [5.41, 5.74) is -12.2. The van der Waals surface area contributed by atoms with Crippen molar-refractivity contribution in [3.05, 3.63) is 87.7 Å². The average Bonchev–Trinajstić information content (AvgIpc) is 2.85. The molecule has 0 saturated heterocycles. The van der Waals surface area contributed by atoms with Gasteiger partial charge in [-0.3, -0.25) is 9.59 Å². The first-order valence-electron chi connectivity index (χ1n) is 10.3. The maximum Gasteiger partial charge on any atom is 0.435 e. The van der Waals surface area contributed by atoms with Gasteiger partial charge in [-0.2, -0.15) is 39.5 Å². The topological polar surface area (TPSA) is 62.3 Å². The molecular formula is C23H11Br2F10N3O2. The molecule has 0 unspecified atom stereocenters. The summed E-state index contributed by atoms with van der Waals surface area (Å²) in [7, 11) is 0. The number of nitrogens with one attached hydrogen (secondary N) is 1. The van der Waals surface area contributed by atoms with Gasteiger partial charge in [0, 0.05) is 23.0 Å². The summed E-state index contributed by atoms with van der Waals surface area (Å²) in [6.07, 6.45) is -17.5. The Bertz CT molecular complexity index is 1430. The van der Waals surface area contributed by atoms with Crippen LogP contribution in [-0.4, -0.2) is 29.2 Å². The van der Waals surface area contributed by atoms with Crippen molar-refractivity contribution in [3.63, 3.8) is 0 Å². The summed E-state index contributed by atoms with van der Waals surface area (Å²) >= 11 is 5.63. The minimum absolute atomic E-state index is 0.00327. The fraction of sp³-hybridized carbons (Fsp3) is 0.174. The van der Waals surface area contributed by atoms with Gasteiger partial charge in [-0.1, -0.05) is 12.1 Å². The number of carbonyl (C=O) groups excluding carboxylic acids is 2. The SMILES string of the molecule is O=C(Nc1cccc(C(=O)N(Br)c2ccc(C(F)(C(F)(F)F)C(F)(F)F)cc2C(F)(F)F)c1)c1cccnc1Br. The van der Waals surface area contributed by atoms with E-state index in [-0.39, 0.29) is 37.5 Å².